The Bertz CT molecular complexity index is 593. The van der Waals surface area contributed by atoms with Gasteiger partial charge >= 0.3 is 0 Å². The summed E-state index contributed by atoms with van der Waals surface area (Å²) in [6.45, 7) is 5.52. The van der Waals surface area contributed by atoms with Crippen molar-refractivity contribution < 1.29 is 17.7 Å². The summed E-state index contributed by atoms with van der Waals surface area (Å²) < 4.78 is 29.3. The predicted octanol–water partition coefficient (Wildman–Crippen LogP) is 2.32. The highest BCUT2D eigenvalue weighted by Crippen LogP contribution is 2.25. The van der Waals surface area contributed by atoms with Crippen LogP contribution >= 0.6 is 0 Å². The molecule has 0 aromatic carbocycles. The Morgan fingerprint density at radius 1 is 1.27 bits per heavy atom. The lowest BCUT2D eigenvalue weighted by Gasteiger charge is -2.16. The van der Waals surface area contributed by atoms with Crippen LogP contribution in [0, 0.1) is 0 Å². The van der Waals surface area contributed by atoms with Gasteiger partial charge in [-0.15, -0.1) is 0 Å². The summed E-state index contributed by atoms with van der Waals surface area (Å²) in [5.74, 6) is 0.446. The molecule has 1 aromatic rings. The molecular weight excluding hydrogens is 304 g/mol. The Labute approximate surface area is 132 Å². The highest BCUT2D eigenvalue weighted by atomic mass is 32.2. The summed E-state index contributed by atoms with van der Waals surface area (Å²) in [4.78, 5) is 11.9. The molecule has 0 aliphatic heterocycles. The maximum Gasteiger partial charge on any atom is 0.236 e. The predicted molar refractivity (Wildman–Crippen MR) is 85.0 cm³/mol. The van der Waals surface area contributed by atoms with Crippen LogP contribution in [-0.2, 0) is 34.1 Å². The Hall–Kier alpha value is -1.37. The molecular formula is C15H26N2O4S. The molecule has 1 aliphatic carbocycles. The van der Waals surface area contributed by atoms with Crippen LogP contribution in [0.15, 0.2) is 4.52 Å². The van der Waals surface area contributed by atoms with Crippen LogP contribution in [0.1, 0.15) is 57.1 Å². The molecule has 126 valence electrons. The molecule has 6 nitrogen and oxygen atoms in total. The Morgan fingerprint density at radius 3 is 2.55 bits per heavy atom. The molecule has 1 aromatic heterocycles. The van der Waals surface area contributed by atoms with Crippen molar-refractivity contribution >= 4 is 15.9 Å². The van der Waals surface area contributed by atoms with Crippen LogP contribution < -0.4 is 0 Å². The second-order valence-corrected chi connectivity index (χ2v) is 7.29. The van der Waals surface area contributed by atoms with E-state index in [-0.39, 0.29) is 12.2 Å². The molecule has 0 unspecified atom stereocenters. The van der Waals surface area contributed by atoms with Crippen LogP contribution in [0.4, 0.5) is 0 Å². The van der Waals surface area contributed by atoms with Crippen molar-refractivity contribution in [1.29, 1.82) is 0 Å². The standard InChI is InChI=1S/C13H20N2O4S.C2H6/c1-3-20(17,18)15(2)13(16)9-8-11-10-6-4-5-7-12(10)19-14-11;1-2/h3-9H2,1-2H3;1-2H3. The van der Waals surface area contributed by atoms with Crippen molar-refractivity contribution in [2.75, 3.05) is 12.8 Å². The molecule has 22 heavy (non-hydrogen) atoms. The monoisotopic (exact) mass is 330 g/mol. The number of fused-ring (bicyclic) bond motifs is 1. The fraction of sp³-hybridized carbons (Fsp3) is 0.733. The third-order valence-corrected chi connectivity index (χ3v) is 5.51. The summed E-state index contributed by atoms with van der Waals surface area (Å²) in [5, 5.41) is 4.02. The molecule has 7 heteroatoms. The van der Waals surface area contributed by atoms with Crippen LogP contribution in [0.5, 0.6) is 0 Å². The molecule has 0 fully saturated rings. The molecule has 0 spiro atoms. The molecule has 0 N–H and O–H groups in total. The lowest BCUT2D eigenvalue weighted by Crippen LogP contribution is -2.34. The third-order valence-electron chi connectivity index (χ3n) is 3.74. The van der Waals surface area contributed by atoms with Crippen LogP contribution in [0.3, 0.4) is 0 Å². The fourth-order valence-corrected chi connectivity index (χ4v) is 3.17. The quantitative estimate of drug-likeness (QED) is 0.827. The number of carbonyl (C=O) groups is 1. The van der Waals surface area contributed by atoms with E-state index in [2.05, 4.69) is 5.16 Å². The van der Waals surface area contributed by atoms with Crippen LogP contribution in [-0.4, -0.2) is 36.6 Å². The van der Waals surface area contributed by atoms with Crippen molar-refractivity contribution in [2.24, 2.45) is 0 Å². The van der Waals surface area contributed by atoms with Crippen molar-refractivity contribution in [3.8, 4) is 0 Å². The summed E-state index contributed by atoms with van der Waals surface area (Å²) in [7, 11) is -2.16. The normalized spacial score (nSPS) is 13.8. The molecule has 0 saturated carbocycles. The number of aryl methyl sites for hydroxylation is 2. The van der Waals surface area contributed by atoms with Gasteiger partial charge in [0.2, 0.25) is 15.9 Å². The minimum absolute atomic E-state index is 0.0748. The minimum Gasteiger partial charge on any atom is -0.361 e. The van der Waals surface area contributed by atoms with Crippen LogP contribution in [0.25, 0.3) is 0 Å². The Balaban J connectivity index is 0.00000116. The zero-order chi connectivity index (χ0) is 16.8. The van der Waals surface area contributed by atoms with Gasteiger partial charge in [-0.1, -0.05) is 19.0 Å². The number of carbonyl (C=O) groups excluding carboxylic acids is 1. The van der Waals surface area contributed by atoms with E-state index >= 15 is 0 Å². The molecule has 0 bridgehead atoms. The summed E-state index contributed by atoms with van der Waals surface area (Å²) in [6, 6.07) is 0. The summed E-state index contributed by atoms with van der Waals surface area (Å²) >= 11 is 0. The second-order valence-electron chi connectivity index (χ2n) is 5.00. The number of hydrogen-bond acceptors (Lipinski definition) is 5. The Kier molecular flexibility index (Phi) is 7.06. The summed E-state index contributed by atoms with van der Waals surface area (Å²) in [6.07, 6.45) is 4.62. The molecule has 2 rings (SSSR count). The van der Waals surface area contributed by atoms with Gasteiger partial charge in [0.1, 0.15) is 5.76 Å². The van der Waals surface area contributed by atoms with E-state index in [0.29, 0.717) is 6.42 Å². The van der Waals surface area contributed by atoms with E-state index in [0.717, 1.165) is 47.0 Å². The van der Waals surface area contributed by atoms with E-state index in [9.17, 15) is 13.2 Å². The third kappa shape index (κ3) is 4.32. The molecule has 0 atom stereocenters. The van der Waals surface area contributed by atoms with Gasteiger partial charge in [0.15, 0.2) is 0 Å². The van der Waals surface area contributed by atoms with Gasteiger partial charge in [0.25, 0.3) is 0 Å². The van der Waals surface area contributed by atoms with Gasteiger partial charge in [-0.05, 0) is 26.2 Å². The first-order valence-corrected chi connectivity index (χ1v) is 9.52. The van der Waals surface area contributed by atoms with Crippen molar-refractivity contribution in [1.82, 2.24) is 9.46 Å². The first-order chi connectivity index (χ1) is 10.5. The Morgan fingerprint density at radius 2 is 1.91 bits per heavy atom. The largest absolute Gasteiger partial charge is 0.361 e. The molecule has 1 aliphatic rings. The molecule has 0 saturated heterocycles. The maximum absolute atomic E-state index is 11.9. The SMILES string of the molecule is CC.CCS(=O)(=O)N(C)C(=O)CCc1noc2c1CCCC2. The van der Waals surface area contributed by atoms with Gasteiger partial charge in [-0.3, -0.25) is 4.79 Å². The first-order valence-electron chi connectivity index (χ1n) is 7.91. The summed E-state index contributed by atoms with van der Waals surface area (Å²) in [5.41, 5.74) is 1.92. The van der Waals surface area contributed by atoms with Crippen LogP contribution in [0.2, 0.25) is 0 Å². The number of rotatable bonds is 5. The average molecular weight is 330 g/mol. The van der Waals surface area contributed by atoms with Gasteiger partial charge < -0.3 is 4.52 Å². The average Bonchev–Trinajstić information content (AvgIpc) is 2.97. The van der Waals surface area contributed by atoms with Gasteiger partial charge in [0, 0.05) is 31.9 Å². The van der Waals surface area contributed by atoms with Crippen molar-refractivity contribution in [3.63, 3.8) is 0 Å². The zero-order valence-corrected chi connectivity index (χ0v) is 14.7. The zero-order valence-electron chi connectivity index (χ0n) is 13.9. The van der Waals surface area contributed by atoms with Crippen molar-refractivity contribution in [2.45, 2.75) is 59.3 Å². The molecule has 1 amide bonds. The number of hydrogen-bond donors (Lipinski definition) is 0. The number of sulfonamides is 1. The topological polar surface area (TPSA) is 80.5 Å². The van der Waals surface area contributed by atoms with E-state index < -0.39 is 15.9 Å². The van der Waals surface area contributed by atoms with E-state index in [1.54, 1.807) is 0 Å². The van der Waals surface area contributed by atoms with Gasteiger partial charge in [-0.2, -0.15) is 0 Å². The van der Waals surface area contributed by atoms with Crippen molar-refractivity contribution in [3.05, 3.63) is 17.0 Å². The maximum atomic E-state index is 11.9. The molecule has 0 radical (unpaired) electrons. The van der Waals surface area contributed by atoms with E-state index in [1.807, 2.05) is 13.8 Å². The highest BCUT2D eigenvalue weighted by molar-refractivity contribution is 7.89. The molecule has 1 heterocycles. The lowest BCUT2D eigenvalue weighted by atomic mass is 9.95. The highest BCUT2D eigenvalue weighted by Gasteiger charge is 2.23. The van der Waals surface area contributed by atoms with Gasteiger partial charge in [0.05, 0.1) is 11.4 Å². The number of aromatic nitrogens is 1. The lowest BCUT2D eigenvalue weighted by molar-refractivity contribution is -0.125. The van der Waals surface area contributed by atoms with E-state index in [1.165, 1.54) is 14.0 Å². The fourth-order valence-electron chi connectivity index (χ4n) is 2.38. The second kappa shape index (κ2) is 8.31. The minimum atomic E-state index is -3.47. The smallest absolute Gasteiger partial charge is 0.236 e. The van der Waals surface area contributed by atoms with Gasteiger partial charge in [-0.25, -0.2) is 12.7 Å². The number of nitrogens with zero attached hydrogens (tertiary/aromatic N) is 2. The number of amides is 1. The first kappa shape index (κ1) is 18.7. The van der Waals surface area contributed by atoms with E-state index in [4.69, 9.17) is 4.52 Å².